The normalized spacial score (nSPS) is 11.9. The fourth-order valence-corrected chi connectivity index (χ4v) is 1.54. The average Bonchev–Trinajstić information content (AvgIpc) is 2.30. The van der Waals surface area contributed by atoms with Crippen LogP contribution in [-0.2, 0) is 16.0 Å². The van der Waals surface area contributed by atoms with Gasteiger partial charge in [-0.2, -0.15) is 0 Å². The molecule has 0 aromatic heterocycles. The first-order chi connectivity index (χ1) is 8.52. The summed E-state index contributed by atoms with van der Waals surface area (Å²) in [5.41, 5.74) is 6.81. The fraction of sp³-hybridized carbons (Fsp3) is 0.385. The highest BCUT2D eigenvalue weighted by molar-refractivity contribution is 5.92. The molecule has 1 rings (SSSR count). The van der Waals surface area contributed by atoms with Gasteiger partial charge in [-0.05, 0) is 18.1 Å². The van der Waals surface area contributed by atoms with Crippen LogP contribution in [0.4, 0.5) is 5.69 Å². The SMILES string of the molecule is CCC(N)CC(=O)Nc1ccccc1CC(=O)O. The summed E-state index contributed by atoms with van der Waals surface area (Å²) in [6, 6.07) is 6.69. The first-order valence-corrected chi connectivity index (χ1v) is 5.88. The molecule has 1 unspecified atom stereocenters. The molecule has 0 spiro atoms. The molecule has 0 aliphatic heterocycles. The van der Waals surface area contributed by atoms with Crippen molar-refractivity contribution in [1.82, 2.24) is 0 Å². The van der Waals surface area contributed by atoms with Crippen molar-refractivity contribution in [3.05, 3.63) is 29.8 Å². The number of nitrogens with one attached hydrogen (secondary N) is 1. The predicted molar refractivity (Wildman–Crippen MR) is 69.3 cm³/mol. The Labute approximate surface area is 106 Å². The number of carboxylic acid groups (broad SMARTS) is 1. The van der Waals surface area contributed by atoms with Crippen LogP contribution in [-0.4, -0.2) is 23.0 Å². The van der Waals surface area contributed by atoms with Crippen molar-refractivity contribution in [1.29, 1.82) is 0 Å². The van der Waals surface area contributed by atoms with Gasteiger partial charge in [0.25, 0.3) is 0 Å². The topological polar surface area (TPSA) is 92.4 Å². The lowest BCUT2D eigenvalue weighted by molar-refractivity contribution is -0.136. The zero-order chi connectivity index (χ0) is 13.5. The number of carboxylic acids is 1. The molecular weight excluding hydrogens is 232 g/mol. The maximum atomic E-state index is 11.7. The number of hydrogen-bond acceptors (Lipinski definition) is 3. The number of anilines is 1. The Hall–Kier alpha value is -1.88. The second-order valence-corrected chi connectivity index (χ2v) is 4.15. The average molecular weight is 250 g/mol. The number of rotatable bonds is 6. The summed E-state index contributed by atoms with van der Waals surface area (Å²) < 4.78 is 0. The molecular formula is C13H18N2O3. The van der Waals surface area contributed by atoms with E-state index in [0.717, 1.165) is 6.42 Å². The van der Waals surface area contributed by atoms with Gasteiger partial charge in [0.2, 0.25) is 5.91 Å². The minimum absolute atomic E-state index is 0.115. The maximum Gasteiger partial charge on any atom is 0.307 e. The molecule has 0 aliphatic carbocycles. The van der Waals surface area contributed by atoms with Crippen LogP contribution in [0.1, 0.15) is 25.3 Å². The van der Waals surface area contributed by atoms with Crippen LogP contribution in [0.5, 0.6) is 0 Å². The molecule has 0 saturated heterocycles. The molecule has 0 aliphatic rings. The lowest BCUT2D eigenvalue weighted by Crippen LogP contribution is -2.26. The van der Waals surface area contributed by atoms with Gasteiger partial charge in [0.1, 0.15) is 0 Å². The Morgan fingerprint density at radius 1 is 1.39 bits per heavy atom. The van der Waals surface area contributed by atoms with Crippen molar-refractivity contribution in [2.45, 2.75) is 32.2 Å². The highest BCUT2D eigenvalue weighted by Gasteiger charge is 2.11. The van der Waals surface area contributed by atoms with Gasteiger partial charge in [0.15, 0.2) is 0 Å². The molecule has 1 aromatic rings. The van der Waals surface area contributed by atoms with E-state index in [2.05, 4.69) is 5.32 Å². The summed E-state index contributed by atoms with van der Waals surface area (Å²) in [5.74, 6) is -1.12. The summed E-state index contributed by atoms with van der Waals surface area (Å²) in [7, 11) is 0. The fourth-order valence-electron chi connectivity index (χ4n) is 1.54. The van der Waals surface area contributed by atoms with Crippen molar-refractivity contribution >= 4 is 17.6 Å². The zero-order valence-corrected chi connectivity index (χ0v) is 10.3. The third-order valence-corrected chi connectivity index (χ3v) is 2.61. The number of para-hydroxylation sites is 1. The van der Waals surface area contributed by atoms with Crippen molar-refractivity contribution in [2.24, 2.45) is 5.73 Å². The van der Waals surface area contributed by atoms with E-state index in [9.17, 15) is 9.59 Å². The molecule has 18 heavy (non-hydrogen) atoms. The maximum absolute atomic E-state index is 11.7. The van der Waals surface area contributed by atoms with E-state index in [0.29, 0.717) is 11.3 Å². The van der Waals surface area contributed by atoms with Crippen molar-refractivity contribution in [3.63, 3.8) is 0 Å². The smallest absolute Gasteiger partial charge is 0.307 e. The van der Waals surface area contributed by atoms with E-state index in [1.165, 1.54) is 0 Å². The van der Waals surface area contributed by atoms with Crippen LogP contribution < -0.4 is 11.1 Å². The number of nitrogens with two attached hydrogens (primary N) is 1. The molecule has 5 nitrogen and oxygen atoms in total. The molecule has 0 heterocycles. The van der Waals surface area contributed by atoms with Gasteiger partial charge in [-0.1, -0.05) is 25.1 Å². The highest BCUT2D eigenvalue weighted by atomic mass is 16.4. The van der Waals surface area contributed by atoms with Gasteiger partial charge < -0.3 is 16.2 Å². The number of hydrogen-bond donors (Lipinski definition) is 3. The zero-order valence-electron chi connectivity index (χ0n) is 10.3. The molecule has 5 heteroatoms. The molecule has 98 valence electrons. The van der Waals surface area contributed by atoms with Crippen molar-refractivity contribution in [3.8, 4) is 0 Å². The van der Waals surface area contributed by atoms with E-state index in [1.54, 1.807) is 24.3 Å². The minimum Gasteiger partial charge on any atom is -0.481 e. The Morgan fingerprint density at radius 2 is 2.06 bits per heavy atom. The molecule has 0 radical (unpaired) electrons. The minimum atomic E-state index is -0.929. The van der Waals surface area contributed by atoms with Gasteiger partial charge in [-0.15, -0.1) is 0 Å². The lowest BCUT2D eigenvalue weighted by Gasteiger charge is -2.12. The van der Waals surface area contributed by atoms with Crippen molar-refractivity contribution in [2.75, 3.05) is 5.32 Å². The molecule has 0 saturated carbocycles. The van der Waals surface area contributed by atoms with Crippen molar-refractivity contribution < 1.29 is 14.7 Å². The first-order valence-electron chi connectivity index (χ1n) is 5.88. The number of aliphatic carboxylic acids is 1. The van der Waals surface area contributed by atoms with E-state index in [1.807, 2.05) is 6.92 Å². The van der Waals surface area contributed by atoms with E-state index in [4.69, 9.17) is 10.8 Å². The van der Waals surface area contributed by atoms with E-state index in [-0.39, 0.29) is 24.8 Å². The standard InChI is InChI=1S/C13H18N2O3/c1-2-10(14)8-12(16)15-11-6-4-3-5-9(11)7-13(17)18/h3-6,10H,2,7-8,14H2,1H3,(H,15,16)(H,17,18). The quantitative estimate of drug-likeness (QED) is 0.711. The Balaban J connectivity index is 2.71. The summed E-state index contributed by atoms with van der Waals surface area (Å²) in [6.45, 7) is 1.91. The predicted octanol–water partition coefficient (Wildman–Crippen LogP) is 1.38. The van der Waals surface area contributed by atoms with Crippen LogP contribution in [0.15, 0.2) is 24.3 Å². The van der Waals surface area contributed by atoms with Crippen LogP contribution >= 0.6 is 0 Å². The van der Waals surface area contributed by atoms with Gasteiger partial charge in [0, 0.05) is 18.2 Å². The van der Waals surface area contributed by atoms with E-state index >= 15 is 0 Å². The second kappa shape index (κ2) is 6.76. The van der Waals surface area contributed by atoms with E-state index < -0.39 is 5.97 Å². The second-order valence-electron chi connectivity index (χ2n) is 4.15. The van der Waals surface area contributed by atoms with Gasteiger partial charge in [-0.3, -0.25) is 9.59 Å². The third kappa shape index (κ3) is 4.55. The summed E-state index contributed by atoms with van der Waals surface area (Å²) in [6.07, 6.45) is 0.846. The third-order valence-electron chi connectivity index (χ3n) is 2.61. The summed E-state index contributed by atoms with van der Waals surface area (Å²) in [5, 5.41) is 11.5. The summed E-state index contributed by atoms with van der Waals surface area (Å²) in [4.78, 5) is 22.4. The molecule has 0 fully saturated rings. The van der Waals surface area contributed by atoms with Gasteiger partial charge >= 0.3 is 5.97 Å². The van der Waals surface area contributed by atoms with Gasteiger partial charge in [0.05, 0.1) is 6.42 Å². The molecule has 4 N–H and O–H groups in total. The Morgan fingerprint density at radius 3 is 2.67 bits per heavy atom. The Kier molecular flexibility index (Phi) is 5.32. The van der Waals surface area contributed by atoms with Crippen LogP contribution in [0.3, 0.4) is 0 Å². The monoisotopic (exact) mass is 250 g/mol. The Bertz CT molecular complexity index is 432. The number of benzene rings is 1. The number of amides is 1. The van der Waals surface area contributed by atoms with Gasteiger partial charge in [-0.25, -0.2) is 0 Å². The van der Waals surface area contributed by atoms with Crippen LogP contribution in [0.25, 0.3) is 0 Å². The van der Waals surface area contributed by atoms with Crippen LogP contribution in [0, 0.1) is 0 Å². The largest absolute Gasteiger partial charge is 0.481 e. The van der Waals surface area contributed by atoms with Crippen LogP contribution in [0.2, 0.25) is 0 Å². The lowest BCUT2D eigenvalue weighted by atomic mass is 10.1. The highest BCUT2D eigenvalue weighted by Crippen LogP contribution is 2.16. The molecule has 1 aromatic carbocycles. The molecule has 0 bridgehead atoms. The molecule has 1 amide bonds. The molecule has 1 atom stereocenters. The number of carbonyl (C=O) groups is 2. The first kappa shape index (κ1) is 14.2. The summed E-state index contributed by atoms with van der Waals surface area (Å²) >= 11 is 0. The number of carbonyl (C=O) groups excluding carboxylic acids is 1.